The van der Waals surface area contributed by atoms with Gasteiger partial charge in [0, 0.05) is 20.6 Å². The maximum atomic E-state index is 13.4. The van der Waals surface area contributed by atoms with Crippen LogP contribution in [0.2, 0.25) is 13.1 Å². The van der Waals surface area contributed by atoms with Crippen molar-refractivity contribution in [2.45, 2.75) is 64.0 Å². The van der Waals surface area contributed by atoms with Gasteiger partial charge in [0.2, 0.25) is 0 Å². The van der Waals surface area contributed by atoms with Crippen LogP contribution in [0.1, 0.15) is 36.1 Å². The number of halogens is 12. The Morgan fingerprint density at radius 3 is 1.06 bits per heavy atom. The Hall–Kier alpha value is -2.92. The molecule has 286 valence electrons. The van der Waals surface area contributed by atoms with E-state index in [2.05, 4.69) is 13.1 Å². The molecule has 0 heterocycles. The third-order valence-electron chi connectivity index (χ3n) is 8.27. The number of rotatable bonds is 6. The summed E-state index contributed by atoms with van der Waals surface area (Å²) in [7, 11) is 1.08. The zero-order valence-corrected chi connectivity index (χ0v) is 34.3. The van der Waals surface area contributed by atoms with Crippen LogP contribution >= 0.6 is 0 Å². The summed E-state index contributed by atoms with van der Waals surface area (Å²) in [5.41, 5.74) is 3.04. The Bertz CT molecular complexity index is 1900. The maximum Gasteiger partial charge on any atom is 4.00 e. The Morgan fingerprint density at radius 2 is 0.796 bits per heavy atom. The van der Waals surface area contributed by atoms with E-state index >= 15 is 0 Å². The van der Waals surface area contributed by atoms with Gasteiger partial charge in [-0.25, -0.2) is 0 Å². The van der Waals surface area contributed by atoms with E-state index in [-0.39, 0.29) is 51.0 Å². The van der Waals surface area contributed by atoms with Crippen molar-refractivity contribution in [3.8, 4) is 22.3 Å². The molecule has 0 bridgehead atoms. The Labute approximate surface area is 341 Å². The van der Waals surface area contributed by atoms with Gasteiger partial charge < -0.3 is 24.8 Å². The first-order valence-electron chi connectivity index (χ1n) is 16.0. The molecule has 0 aliphatic carbocycles. The van der Waals surface area contributed by atoms with Gasteiger partial charge in [0.15, 0.2) is 0 Å². The molecule has 0 atom stereocenters. The molecule has 0 unspecified atom stereocenters. The van der Waals surface area contributed by atoms with Crippen molar-refractivity contribution >= 4 is 31.1 Å². The second kappa shape index (κ2) is 19.8. The fraction of sp³-hybridized carbons (Fsp3) is 0.250. The summed E-state index contributed by atoms with van der Waals surface area (Å²) in [6.45, 7) is 8.36. The average Bonchev–Trinajstić information content (AvgIpc) is 3.72. The van der Waals surface area contributed by atoms with Crippen LogP contribution in [0.4, 0.5) is 43.9 Å². The summed E-state index contributed by atoms with van der Waals surface area (Å²) in [6, 6.07) is 28.0. The van der Waals surface area contributed by atoms with E-state index in [1.54, 1.807) is 0 Å². The molecule has 0 aromatic heterocycles. The molecule has 6 aromatic rings. The molecule has 0 aliphatic rings. The predicted molar refractivity (Wildman–Crippen MR) is 186 cm³/mol. The van der Waals surface area contributed by atoms with Gasteiger partial charge in [-0.3, -0.25) is 0 Å². The number of alkyl halides is 10. The topological polar surface area (TPSA) is 0 Å². The summed E-state index contributed by atoms with van der Waals surface area (Å²) in [5.74, 6) is -9.71. The first-order valence-corrected chi connectivity index (χ1v) is 18.0. The van der Waals surface area contributed by atoms with Crippen LogP contribution in [-0.2, 0) is 50.9 Å². The van der Waals surface area contributed by atoms with Gasteiger partial charge >= 0.3 is 50.4 Å². The van der Waals surface area contributed by atoms with E-state index in [4.69, 9.17) is 0 Å². The van der Waals surface area contributed by atoms with E-state index in [0.717, 1.165) is 90.4 Å². The molecule has 14 heteroatoms. The molecule has 6 aromatic carbocycles. The van der Waals surface area contributed by atoms with Gasteiger partial charge in [-0.2, -0.15) is 56.0 Å². The Kier molecular flexibility index (Phi) is 18.0. The molecule has 0 nitrogen and oxygen atoms in total. The molecular weight excluding hydrogens is 861 g/mol. The number of benzene rings is 4. The van der Waals surface area contributed by atoms with Crippen molar-refractivity contribution in [2.75, 3.05) is 0 Å². The van der Waals surface area contributed by atoms with Crippen molar-refractivity contribution < 1.29 is 94.9 Å². The van der Waals surface area contributed by atoms with Gasteiger partial charge in [0.25, 0.3) is 0 Å². The number of hydrogen-bond donors (Lipinski definition) is 0. The van der Waals surface area contributed by atoms with Crippen LogP contribution in [0, 0.1) is 0 Å². The van der Waals surface area contributed by atoms with Crippen molar-refractivity contribution in [1.29, 1.82) is 0 Å². The Morgan fingerprint density at radius 1 is 0.500 bits per heavy atom. The van der Waals surface area contributed by atoms with Gasteiger partial charge in [0.05, 0.1) is 0 Å². The molecule has 54 heavy (non-hydrogen) atoms. The molecule has 0 saturated carbocycles. The maximum absolute atomic E-state index is 13.4. The molecule has 0 fully saturated rings. The minimum atomic E-state index is -5.60. The zero-order chi connectivity index (χ0) is 37.8. The summed E-state index contributed by atoms with van der Waals surface area (Å²) in [4.78, 5) is 0. The van der Waals surface area contributed by atoms with Crippen molar-refractivity contribution in [1.82, 2.24) is 0 Å². The van der Waals surface area contributed by atoms with Crippen LogP contribution < -0.4 is 24.8 Å². The molecule has 0 saturated heterocycles. The third kappa shape index (κ3) is 10.7. The van der Waals surface area contributed by atoms with E-state index < -0.39 is 35.3 Å². The number of fused-ring (bicyclic) bond motifs is 2. The van der Waals surface area contributed by atoms with Crippen molar-refractivity contribution in [3.63, 3.8) is 0 Å². The van der Waals surface area contributed by atoms with E-state index in [1.165, 1.54) is 24.3 Å². The van der Waals surface area contributed by atoms with Gasteiger partial charge in [-0.1, -0.05) is 98.7 Å². The van der Waals surface area contributed by atoms with Gasteiger partial charge in [-0.15, -0.1) is 69.1 Å². The molecule has 0 aliphatic heterocycles. The summed E-state index contributed by atoms with van der Waals surface area (Å²) in [6.07, 6.45) is -9.47. The summed E-state index contributed by atoms with van der Waals surface area (Å²) in [5, 5.41) is 3.97. The van der Waals surface area contributed by atoms with Crippen LogP contribution in [0.15, 0.2) is 109 Å². The number of aryl methyl sites for hydroxylation is 2. The SMILES string of the molecule is CCc1cc2c(-c3ccc(C(F)(F)C(F)(F)F)cc3)cccc2[cH-]1.CCc1cc2c(-c3ccc(C(F)(F)C(F)(F)F)cc3)cccc2[cH-]1.C[Si]C.[Cl-].[Cl-].[Zr+4]. The average molecular weight is 895 g/mol. The van der Waals surface area contributed by atoms with Gasteiger partial charge in [0.1, 0.15) is 0 Å². The monoisotopic (exact) mass is 892 g/mol. The second-order valence-electron chi connectivity index (χ2n) is 11.9. The standard InChI is InChI=1S/2C19H14F5.C2H6Si.2ClH.Zr/c2*1-2-12-10-14-4-3-5-16(17(14)11-12)13-6-8-15(9-7-13)18(20,21)19(22,23)24;1-3-2;;;/h2*3-11H,2H2,1H3;1-2H3;2*1H;/q2*-1;;;;+4/p-2. The summed E-state index contributed by atoms with van der Waals surface area (Å²) >= 11 is 0. The minimum absolute atomic E-state index is 0. The predicted octanol–water partition coefficient (Wildman–Crippen LogP) is 7.68. The quantitative estimate of drug-likeness (QED) is 0.0916. The summed E-state index contributed by atoms with van der Waals surface area (Å²) < 4.78 is 128. The van der Waals surface area contributed by atoms with Gasteiger partial charge in [-0.05, 0) is 24.0 Å². The van der Waals surface area contributed by atoms with Crippen LogP contribution in [-0.4, -0.2) is 21.9 Å². The van der Waals surface area contributed by atoms with Crippen LogP contribution in [0.25, 0.3) is 43.8 Å². The molecule has 0 N–H and O–H groups in total. The molecule has 0 spiro atoms. The first kappa shape index (κ1) is 49.1. The minimum Gasteiger partial charge on any atom is -1.00 e. The molecule has 0 amide bonds. The van der Waals surface area contributed by atoms with Crippen molar-refractivity contribution in [3.05, 3.63) is 131 Å². The van der Waals surface area contributed by atoms with Crippen LogP contribution in [0.5, 0.6) is 0 Å². The zero-order valence-electron chi connectivity index (χ0n) is 29.3. The van der Waals surface area contributed by atoms with E-state index in [0.29, 0.717) is 11.1 Å². The fourth-order valence-corrected chi connectivity index (χ4v) is 5.55. The molecular formula is C40H34Cl2F10SiZr. The van der Waals surface area contributed by atoms with E-state index in [1.807, 2.05) is 74.5 Å². The fourth-order valence-electron chi connectivity index (χ4n) is 5.55. The van der Waals surface area contributed by atoms with E-state index in [9.17, 15) is 43.9 Å². The normalized spacial score (nSPS) is 11.7. The van der Waals surface area contributed by atoms with Crippen LogP contribution in [0.3, 0.4) is 0 Å². The second-order valence-corrected chi connectivity index (χ2v) is 12.9. The first-order chi connectivity index (χ1) is 23.9. The largest absolute Gasteiger partial charge is 4.00 e. The van der Waals surface area contributed by atoms with Crippen molar-refractivity contribution in [2.24, 2.45) is 0 Å². The Balaban J connectivity index is 0.000000479. The smallest absolute Gasteiger partial charge is 1.00 e. The number of hydrogen-bond acceptors (Lipinski definition) is 0. The molecule has 6 rings (SSSR count). The third-order valence-corrected chi connectivity index (χ3v) is 8.27. The molecule has 2 radical (unpaired) electrons.